The van der Waals surface area contributed by atoms with Crippen LogP contribution in [0.1, 0.15) is 30.5 Å². The molecule has 0 amide bonds. The quantitative estimate of drug-likeness (QED) is 0.821. The molecule has 0 saturated heterocycles. The van der Waals surface area contributed by atoms with Crippen LogP contribution in [0.3, 0.4) is 0 Å². The molecule has 0 aliphatic carbocycles. The van der Waals surface area contributed by atoms with Gasteiger partial charge < -0.3 is 10.1 Å². The van der Waals surface area contributed by atoms with Gasteiger partial charge in [-0.1, -0.05) is 55.5 Å². The zero-order valence-electron chi connectivity index (χ0n) is 12.3. The molecule has 0 bridgehead atoms. The largest absolute Gasteiger partial charge is 0.496 e. The smallest absolute Gasteiger partial charge is 0.123 e. The minimum absolute atomic E-state index is 0.342. The van der Waals surface area contributed by atoms with Crippen molar-refractivity contribution in [2.24, 2.45) is 0 Å². The van der Waals surface area contributed by atoms with Gasteiger partial charge in [-0.3, -0.25) is 0 Å². The maximum absolute atomic E-state index is 5.45. The molecule has 1 N–H and O–H groups in total. The summed E-state index contributed by atoms with van der Waals surface area (Å²) in [6, 6.07) is 19.2. The number of ether oxygens (including phenoxy) is 1. The Bertz CT molecular complexity index is 510. The fourth-order valence-corrected chi connectivity index (χ4v) is 2.46. The van der Waals surface area contributed by atoms with E-state index < -0.39 is 0 Å². The second-order valence-electron chi connectivity index (χ2n) is 4.89. The van der Waals surface area contributed by atoms with E-state index in [9.17, 15) is 0 Å². The second-order valence-corrected chi connectivity index (χ2v) is 4.89. The van der Waals surface area contributed by atoms with E-state index in [0.717, 1.165) is 25.1 Å². The van der Waals surface area contributed by atoms with Crippen molar-refractivity contribution in [1.29, 1.82) is 0 Å². The first-order valence-electron chi connectivity index (χ1n) is 7.25. The standard InChI is InChI=1S/C18H23NO/c1-3-17(16-11-7-8-12-18(16)20-2)19-14-13-15-9-5-4-6-10-15/h4-12,17,19H,3,13-14H2,1-2H3. The molecule has 0 radical (unpaired) electrons. The molecule has 2 aromatic carbocycles. The van der Waals surface area contributed by atoms with E-state index >= 15 is 0 Å². The van der Waals surface area contributed by atoms with E-state index in [4.69, 9.17) is 4.74 Å². The minimum Gasteiger partial charge on any atom is -0.496 e. The number of hydrogen-bond acceptors (Lipinski definition) is 2. The number of hydrogen-bond donors (Lipinski definition) is 1. The van der Waals surface area contributed by atoms with Crippen LogP contribution < -0.4 is 10.1 Å². The number of para-hydroxylation sites is 1. The van der Waals surface area contributed by atoms with Gasteiger partial charge >= 0.3 is 0 Å². The molecule has 0 aromatic heterocycles. The summed E-state index contributed by atoms with van der Waals surface area (Å²) in [6.45, 7) is 3.17. The highest BCUT2D eigenvalue weighted by molar-refractivity contribution is 5.35. The van der Waals surface area contributed by atoms with Gasteiger partial charge in [0.15, 0.2) is 0 Å². The maximum Gasteiger partial charge on any atom is 0.123 e. The second kappa shape index (κ2) is 7.71. The highest BCUT2D eigenvalue weighted by atomic mass is 16.5. The first kappa shape index (κ1) is 14.6. The summed E-state index contributed by atoms with van der Waals surface area (Å²) < 4.78 is 5.45. The molecule has 106 valence electrons. The van der Waals surface area contributed by atoms with Crippen molar-refractivity contribution in [3.05, 3.63) is 65.7 Å². The highest BCUT2D eigenvalue weighted by Gasteiger charge is 2.12. The van der Waals surface area contributed by atoms with Crippen LogP contribution in [0.5, 0.6) is 5.75 Å². The summed E-state index contributed by atoms with van der Waals surface area (Å²) in [5.74, 6) is 0.964. The van der Waals surface area contributed by atoms with Gasteiger partial charge in [0.2, 0.25) is 0 Å². The third-order valence-electron chi connectivity index (χ3n) is 3.57. The number of benzene rings is 2. The van der Waals surface area contributed by atoms with Crippen molar-refractivity contribution < 1.29 is 4.74 Å². The van der Waals surface area contributed by atoms with Crippen LogP contribution in [0, 0.1) is 0 Å². The van der Waals surface area contributed by atoms with Gasteiger partial charge in [0, 0.05) is 11.6 Å². The van der Waals surface area contributed by atoms with Gasteiger partial charge in [-0.2, -0.15) is 0 Å². The van der Waals surface area contributed by atoms with Crippen LogP contribution in [-0.4, -0.2) is 13.7 Å². The molecule has 0 aliphatic rings. The highest BCUT2D eigenvalue weighted by Crippen LogP contribution is 2.26. The molecule has 20 heavy (non-hydrogen) atoms. The lowest BCUT2D eigenvalue weighted by Gasteiger charge is -2.20. The van der Waals surface area contributed by atoms with E-state index in [1.807, 2.05) is 12.1 Å². The monoisotopic (exact) mass is 269 g/mol. The summed E-state index contributed by atoms with van der Waals surface area (Å²) in [5.41, 5.74) is 2.61. The maximum atomic E-state index is 5.45. The van der Waals surface area contributed by atoms with Gasteiger partial charge in [-0.15, -0.1) is 0 Å². The van der Waals surface area contributed by atoms with Crippen molar-refractivity contribution in [3.63, 3.8) is 0 Å². The van der Waals surface area contributed by atoms with Gasteiger partial charge in [-0.25, -0.2) is 0 Å². The SMILES string of the molecule is CCC(NCCc1ccccc1)c1ccccc1OC. The van der Waals surface area contributed by atoms with E-state index in [1.165, 1.54) is 11.1 Å². The summed E-state index contributed by atoms with van der Waals surface area (Å²) in [5, 5.41) is 3.63. The Morgan fingerprint density at radius 3 is 2.40 bits per heavy atom. The van der Waals surface area contributed by atoms with Gasteiger partial charge in [0.05, 0.1) is 7.11 Å². The predicted molar refractivity (Wildman–Crippen MR) is 84.2 cm³/mol. The lowest BCUT2D eigenvalue weighted by atomic mass is 10.0. The molecule has 0 aliphatic heterocycles. The molecule has 2 nitrogen and oxygen atoms in total. The zero-order chi connectivity index (χ0) is 14.2. The molecular weight excluding hydrogens is 246 g/mol. The fourth-order valence-electron chi connectivity index (χ4n) is 2.46. The Hall–Kier alpha value is -1.80. The first-order valence-corrected chi connectivity index (χ1v) is 7.25. The van der Waals surface area contributed by atoms with Crippen molar-refractivity contribution >= 4 is 0 Å². The van der Waals surface area contributed by atoms with Crippen molar-refractivity contribution in [1.82, 2.24) is 5.32 Å². The van der Waals surface area contributed by atoms with Gasteiger partial charge in [0.1, 0.15) is 5.75 Å². The molecular formula is C18H23NO. The summed E-state index contributed by atoms with van der Waals surface area (Å²) in [4.78, 5) is 0. The van der Waals surface area contributed by atoms with Crippen LogP contribution in [0.15, 0.2) is 54.6 Å². The van der Waals surface area contributed by atoms with E-state index in [2.05, 4.69) is 54.7 Å². The Labute approximate surface area is 121 Å². The molecule has 0 fully saturated rings. The van der Waals surface area contributed by atoms with Gasteiger partial charge in [0.25, 0.3) is 0 Å². The summed E-state index contributed by atoms with van der Waals surface area (Å²) in [7, 11) is 1.73. The first-order chi connectivity index (χ1) is 9.85. The van der Waals surface area contributed by atoms with Gasteiger partial charge in [-0.05, 0) is 31.0 Å². The van der Waals surface area contributed by atoms with Crippen LogP contribution >= 0.6 is 0 Å². The molecule has 2 heteroatoms. The molecule has 1 atom stereocenters. The molecule has 2 rings (SSSR count). The average molecular weight is 269 g/mol. The zero-order valence-corrected chi connectivity index (χ0v) is 12.3. The molecule has 0 heterocycles. The lowest BCUT2D eigenvalue weighted by molar-refractivity contribution is 0.397. The van der Waals surface area contributed by atoms with Crippen LogP contribution in [0.2, 0.25) is 0 Å². The Kier molecular flexibility index (Phi) is 5.63. The number of nitrogens with one attached hydrogen (secondary N) is 1. The van der Waals surface area contributed by atoms with Crippen LogP contribution in [-0.2, 0) is 6.42 Å². The lowest BCUT2D eigenvalue weighted by Crippen LogP contribution is -2.23. The van der Waals surface area contributed by atoms with Crippen molar-refractivity contribution in [2.75, 3.05) is 13.7 Å². The molecule has 0 spiro atoms. The average Bonchev–Trinajstić information content (AvgIpc) is 2.53. The van der Waals surface area contributed by atoms with E-state index in [1.54, 1.807) is 7.11 Å². The van der Waals surface area contributed by atoms with E-state index in [0.29, 0.717) is 6.04 Å². The summed E-state index contributed by atoms with van der Waals surface area (Å²) >= 11 is 0. The van der Waals surface area contributed by atoms with E-state index in [-0.39, 0.29) is 0 Å². The summed E-state index contributed by atoms with van der Waals surface area (Å²) in [6.07, 6.45) is 2.10. The molecule has 2 aromatic rings. The van der Waals surface area contributed by atoms with Crippen LogP contribution in [0.25, 0.3) is 0 Å². The minimum atomic E-state index is 0.342. The number of methoxy groups -OCH3 is 1. The third-order valence-corrected chi connectivity index (χ3v) is 3.57. The Morgan fingerprint density at radius 2 is 1.70 bits per heavy atom. The van der Waals surface area contributed by atoms with Crippen LogP contribution in [0.4, 0.5) is 0 Å². The Balaban J connectivity index is 1.95. The van der Waals surface area contributed by atoms with Crippen molar-refractivity contribution in [2.45, 2.75) is 25.8 Å². The fraction of sp³-hybridized carbons (Fsp3) is 0.333. The molecule has 1 unspecified atom stereocenters. The predicted octanol–water partition coefficient (Wildman–Crippen LogP) is 3.98. The normalized spacial score (nSPS) is 12.1. The topological polar surface area (TPSA) is 21.3 Å². The Morgan fingerprint density at radius 1 is 1.00 bits per heavy atom. The number of rotatable bonds is 7. The van der Waals surface area contributed by atoms with Crippen molar-refractivity contribution in [3.8, 4) is 5.75 Å². The molecule has 0 saturated carbocycles. The third kappa shape index (κ3) is 3.84.